The molecule has 0 amide bonds. The van der Waals surface area contributed by atoms with Gasteiger partial charge in [0, 0.05) is 35.4 Å². The molecule has 1 aliphatic rings. The summed E-state index contributed by atoms with van der Waals surface area (Å²) in [5.41, 5.74) is 0.158. The van der Waals surface area contributed by atoms with E-state index in [9.17, 15) is 18.7 Å². The quantitative estimate of drug-likeness (QED) is 0.592. The molecule has 2 rings (SSSR count). The third-order valence-electron chi connectivity index (χ3n) is 2.65. The van der Waals surface area contributed by atoms with Crippen LogP contribution in [0.25, 0.3) is 0 Å². The zero-order valence-electron chi connectivity index (χ0n) is 8.97. The van der Waals surface area contributed by atoms with E-state index in [1.54, 1.807) is 4.90 Å². The van der Waals surface area contributed by atoms with Crippen molar-refractivity contribution in [3.05, 3.63) is 34.1 Å². The van der Waals surface area contributed by atoms with Gasteiger partial charge in [0.05, 0.1) is 11.0 Å². The van der Waals surface area contributed by atoms with Crippen molar-refractivity contribution in [2.24, 2.45) is 0 Å². The van der Waals surface area contributed by atoms with Gasteiger partial charge in [-0.25, -0.2) is 4.39 Å². The fourth-order valence-corrected chi connectivity index (χ4v) is 2.84. The highest BCUT2D eigenvalue weighted by atomic mass is 32.2. The van der Waals surface area contributed by atoms with E-state index in [4.69, 9.17) is 0 Å². The first-order chi connectivity index (χ1) is 8.08. The van der Waals surface area contributed by atoms with Gasteiger partial charge in [-0.05, 0) is 12.1 Å². The lowest BCUT2D eigenvalue weighted by Gasteiger charge is -2.27. The van der Waals surface area contributed by atoms with E-state index in [1.165, 1.54) is 12.1 Å². The van der Waals surface area contributed by atoms with Crippen LogP contribution in [0.1, 0.15) is 0 Å². The lowest BCUT2D eigenvalue weighted by Crippen LogP contribution is -2.38. The van der Waals surface area contributed by atoms with Gasteiger partial charge in [-0.15, -0.1) is 0 Å². The lowest BCUT2D eigenvalue weighted by atomic mass is 10.2. The van der Waals surface area contributed by atoms with Gasteiger partial charge in [0.25, 0.3) is 5.69 Å². The molecule has 0 N–H and O–H groups in total. The number of halogens is 1. The van der Waals surface area contributed by atoms with E-state index in [1.807, 2.05) is 0 Å². The SMILES string of the molecule is O=[N+]([O-])c1cc(F)ccc1N1CCS(=O)CC1. The first-order valence-electron chi connectivity index (χ1n) is 5.12. The van der Waals surface area contributed by atoms with E-state index in [0.29, 0.717) is 30.3 Å². The molecule has 17 heavy (non-hydrogen) atoms. The summed E-state index contributed by atoms with van der Waals surface area (Å²) in [4.78, 5) is 12.0. The molecule has 0 saturated carbocycles. The average molecular weight is 258 g/mol. The minimum absolute atomic E-state index is 0.238. The summed E-state index contributed by atoms with van der Waals surface area (Å²) >= 11 is 0. The largest absolute Gasteiger partial charge is 0.364 e. The summed E-state index contributed by atoms with van der Waals surface area (Å²) < 4.78 is 24.2. The van der Waals surface area contributed by atoms with Crippen molar-refractivity contribution in [3.8, 4) is 0 Å². The minimum Gasteiger partial charge on any atom is -0.364 e. The number of nitrogens with zero attached hydrogens (tertiary/aromatic N) is 2. The van der Waals surface area contributed by atoms with E-state index in [0.717, 1.165) is 6.07 Å². The highest BCUT2D eigenvalue weighted by Crippen LogP contribution is 2.29. The molecule has 1 aromatic carbocycles. The zero-order chi connectivity index (χ0) is 12.4. The molecule has 92 valence electrons. The molecule has 1 aliphatic heterocycles. The predicted molar refractivity (Wildman–Crippen MR) is 63.1 cm³/mol. The molecule has 1 heterocycles. The number of benzene rings is 1. The summed E-state index contributed by atoms with van der Waals surface area (Å²) in [7, 11) is -0.842. The Kier molecular flexibility index (Phi) is 3.37. The van der Waals surface area contributed by atoms with Crippen molar-refractivity contribution in [3.63, 3.8) is 0 Å². The Labute approximate surface area is 99.8 Å². The van der Waals surface area contributed by atoms with Crippen LogP contribution in [-0.2, 0) is 10.8 Å². The molecule has 7 heteroatoms. The lowest BCUT2D eigenvalue weighted by molar-refractivity contribution is -0.384. The predicted octanol–water partition coefficient (Wildman–Crippen LogP) is 1.30. The summed E-state index contributed by atoms with van der Waals surface area (Å²) in [5, 5.41) is 10.8. The van der Waals surface area contributed by atoms with E-state index < -0.39 is 21.5 Å². The molecule has 0 aliphatic carbocycles. The molecule has 0 radical (unpaired) electrons. The first kappa shape index (κ1) is 12.0. The number of nitro benzene ring substituents is 1. The van der Waals surface area contributed by atoms with E-state index >= 15 is 0 Å². The maximum absolute atomic E-state index is 13.0. The number of nitro groups is 1. The normalized spacial score (nSPS) is 17.1. The summed E-state index contributed by atoms with van der Waals surface area (Å²) in [6.45, 7) is 0.998. The van der Waals surface area contributed by atoms with Gasteiger partial charge in [0.1, 0.15) is 11.5 Å². The van der Waals surface area contributed by atoms with Crippen LogP contribution >= 0.6 is 0 Å². The molecule has 0 spiro atoms. The van der Waals surface area contributed by atoms with Crippen LogP contribution in [0.3, 0.4) is 0 Å². The highest BCUT2D eigenvalue weighted by Gasteiger charge is 2.23. The molecule has 1 aromatic rings. The second-order valence-electron chi connectivity index (χ2n) is 3.73. The van der Waals surface area contributed by atoms with Gasteiger partial charge in [-0.1, -0.05) is 0 Å². The highest BCUT2D eigenvalue weighted by molar-refractivity contribution is 7.85. The Morgan fingerprint density at radius 2 is 2.00 bits per heavy atom. The number of hydrogen-bond donors (Lipinski definition) is 0. The summed E-state index contributed by atoms with van der Waals surface area (Å²) in [6, 6.07) is 3.52. The molecule has 1 fully saturated rings. The maximum atomic E-state index is 13.0. The van der Waals surface area contributed by atoms with Crippen LogP contribution in [0.2, 0.25) is 0 Å². The first-order valence-corrected chi connectivity index (χ1v) is 6.60. The van der Waals surface area contributed by atoms with Crippen LogP contribution < -0.4 is 4.90 Å². The molecular weight excluding hydrogens is 247 g/mol. The monoisotopic (exact) mass is 258 g/mol. The fraction of sp³-hybridized carbons (Fsp3) is 0.400. The van der Waals surface area contributed by atoms with E-state index in [2.05, 4.69) is 0 Å². The Bertz CT molecular complexity index is 471. The van der Waals surface area contributed by atoms with Crippen molar-refractivity contribution >= 4 is 22.2 Å². The number of rotatable bonds is 2. The molecular formula is C10H11FN2O3S. The van der Waals surface area contributed by atoms with Gasteiger partial charge in [-0.2, -0.15) is 0 Å². The smallest absolute Gasteiger partial charge is 0.295 e. The maximum Gasteiger partial charge on any atom is 0.295 e. The van der Waals surface area contributed by atoms with Gasteiger partial charge < -0.3 is 4.90 Å². The van der Waals surface area contributed by atoms with Crippen molar-refractivity contribution in [1.29, 1.82) is 0 Å². The Morgan fingerprint density at radius 3 is 2.59 bits per heavy atom. The molecule has 0 aromatic heterocycles. The minimum atomic E-state index is -0.842. The fourth-order valence-electron chi connectivity index (χ4n) is 1.79. The molecule has 0 bridgehead atoms. The molecule has 5 nitrogen and oxygen atoms in total. The molecule has 0 atom stereocenters. The van der Waals surface area contributed by atoms with Crippen LogP contribution in [0.15, 0.2) is 18.2 Å². The van der Waals surface area contributed by atoms with Gasteiger partial charge in [-0.3, -0.25) is 14.3 Å². The Hall–Kier alpha value is -1.50. The van der Waals surface area contributed by atoms with E-state index in [-0.39, 0.29) is 5.69 Å². The zero-order valence-corrected chi connectivity index (χ0v) is 9.78. The average Bonchev–Trinajstić information content (AvgIpc) is 2.30. The number of hydrogen-bond acceptors (Lipinski definition) is 4. The topological polar surface area (TPSA) is 63.5 Å². The van der Waals surface area contributed by atoms with Crippen molar-refractivity contribution in [2.75, 3.05) is 29.5 Å². The van der Waals surface area contributed by atoms with Crippen molar-refractivity contribution < 1.29 is 13.5 Å². The summed E-state index contributed by atoms with van der Waals surface area (Å²) in [5.74, 6) is 0.365. The van der Waals surface area contributed by atoms with Gasteiger partial charge in [0.15, 0.2) is 0 Å². The third-order valence-corrected chi connectivity index (χ3v) is 3.93. The van der Waals surface area contributed by atoms with Crippen molar-refractivity contribution in [2.45, 2.75) is 0 Å². The summed E-state index contributed by atoms with van der Waals surface area (Å²) in [6.07, 6.45) is 0. The Morgan fingerprint density at radius 1 is 1.35 bits per heavy atom. The second-order valence-corrected chi connectivity index (χ2v) is 5.42. The van der Waals surface area contributed by atoms with Crippen LogP contribution in [0.5, 0.6) is 0 Å². The standard InChI is InChI=1S/C10H11FN2O3S/c11-8-1-2-9(10(7-8)13(14)15)12-3-5-17(16)6-4-12/h1-2,7H,3-6H2. The number of anilines is 1. The van der Waals surface area contributed by atoms with Crippen LogP contribution in [-0.4, -0.2) is 33.7 Å². The van der Waals surface area contributed by atoms with Gasteiger partial charge in [0.2, 0.25) is 0 Å². The third kappa shape index (κ3) is 2.60. The molecule has 0 unspecified atom stereocenters. The molecule has 1 saturated heterocycles. The Balaban J connectivity index is 2.31. The second kappa shape index (κ2) is 4.79. The van der Waals surface area contributed by atoms with Gasteiger partial charge >= 0.3 is 0 Å². The van der Waals surface area contributed by atoms with Crippen LogP contribution in [0, 0.1) is 15.9 Å². The van der Waals surface area contributed by atoms with Crippen molar-refractivity contribution in [1.82, 2.24) is 0 Å². The van der Waals surface area contributed by atoms with Crippen LogP contribution in [0.4, 0.5) is 15.8 Å².